The Kier molecular flexibility index (Phi) is 7.07. The lowest BCUT2D eigenvalue weighted by atomic mass is 10.0. The molecule has 0 N–H and O–H groups in total. The maximum atomic E-state index is 13.3. The Morgan fingerprint density at radius 2 is 2.03 bits per heavy atom. The van der Waals surface area contributed by atoms with Gasteiger partial charge in [0.05, 0.1) is 31.4 Å². The highest BCUT2D eigenvalue weighted by Gasteiger charge is 2.33. The summed E-state index contributed by atoms with van der Waals surface area (Å²) in [4.78, 5) is 14.5. The first-order chi connectivity index (χ1) is 15.5. The number of hydrogen-bond acceptors (Lipinski definition) is 7. The number of piperidine rings is 1. The molecule has 1 aromatic carbocycles. The van der Waals surface area contributed by atoms with Crippen LogP contribution >= 0.6 is 0 Å². The van der Waals surface area contributed by atoms with Gasteiger partial charge in [-0.1, -0.05) is 17.7 Å². The molecule has 3 heterocycles. The smallest absolute Gasteiger partial charge is 0.276 e. The van der Waals surface area contributed by atoms with Crippen molar-refractivity contribution in [2.24, 2.45) is 0 Å². The zero-order chi connectivity index (χ0) is 22.6. The molecule has 32 heavy (non-hydrogen) atoms. The molecule has 0 aliphatic carbocycles. The van der Waals surface area contributed by atoms with Crippen LogP contribution in [0.25, 0.3) is 0 Å². The fourth-order valence-electron chi connectivity index (χ4n) is 4.19. The number of benzene rings is 1. The fraction of sp³-hybridized carbons (Fsp3) is 0.571. The molecule has 2 fully saturated rings. The quantitative estimate of drug-likeness (QED) is 0.611. The lowest BCUT2D eigenvalue weighted by molar-refractivity contribution is 0.0299. The number of rotatable bonds is 7. The summed E-state index contributed by atoms with van der Waals surface area (Å²) in [6.07, 6.45) is 4.84. The summed E-state index contributed by atoms with van der Waals surface area (Å²) in [7, 11) is -2.12. The minimum absolute atomic E-state index is 0.137. The second kappa shape index (κ2) is 9.97. The van der Waals surface area contributed by atoms with Gasteiger partial charge in [-0.05, 0) is 31.4 Å². The van der Waals surface area contributed by atoms with E-state index in [9.17, 15) is 13.2 Å². The van der Waals surface area contributed by atoms with E-state index in [1.165, 1.54) is 7.11 Å². The molecule has 0 radical (unpaired) electrons. The Morgan fingerprint density at radius 1 is 1.22 bits per heavy atom. The van der Waals surface area contributed by atoms with Crippen LogP contribution in [0.3, 0.4) is 0 Å². The van der Waals surface area contributed by atoms with Crippen molar-refractivity contribution in [1.29, 1.82) is 0 Å². The Balaban J connectivity index is 1.43. The highest BCUT2D eigenvalue weighted by Crippen LogP contribution is 2.29. The van der Waals surface area contributed by atoms with E-state index in [0.717, 1.165) is 19.3 Å². The standard InChI is InChI=1S/C21H29N5O5S/c1-30-18-6-4-7-19(15-18)32(28,29)26-9-3-2-5-17(26)8-10-25-16-20(22-23-25)21(27)24-11-13-31-14-12-24/h4,6-7,15-17H,2-3,5,8-14H2,1H3. The van der Waals surface area contributed by atoms with Gasteiger partial charge in [0.2, 0.25) is 10.0 Å². The van der Waals surface area contributed by atoms with Gasteiger partial charge in [-0.25, -0.2) is 8.42 Å². The lowest BCUT2D eigenvalue weighted by Gasteiger charge is -2.34. The minimum Gasteiger partial charge on any atom is -0.497 e. The van der Waals surface area contributed by atoms with E-state index in [1.807, 2.05) is 0 Å². The number of hydrogen-bond donors (Lipinski definition) is 0. The van der Waals surface area contributed by atoms with Crippen molar-refractivity contribution in [3.05, 3.63) is 36.2 Å². The van der Waals surface area contributed by atoms with Gasteiger partial charge in [0.1, 0.15) is 5.75 Å². The van der Waals surface area contributed by atoms with Gasteiger partial charge >= 0.3 is 0 Å². The van der Waals surface area contributed by atoms with Crippen molar-refractivity contribution in [2.45, 2.75) is 43.2 Å². The van der Waals surface area contributed by atoms with Crippen molar-refractivity contribution < 1.29 is 22.7 Å². The molecule has 11 heteroatoms. The predicted molar refractivity (Wildman–Crippen MR) is 116 cm³/mol. The highest BCUT2D eigenvalue weighted by atomic mass is 32.2. The van der Waals surface area contributed by atoms with Crippen LogP contribution in [0.4, 0.5) is 0 Å². The van der Waals surface area contributed by atoms with E-state index in [0.29, 0.717) is 57.3 Å². The van der Waals surface area contributed by atoms with Gasteiger partial charge in [0, 0.05) is 38.3 Å². The van der Waals surface area contributed by atoms with Crippen molar-refractivity contribution in [2.75, 3.05) is 40.0 Å². The summed E-state index contributed by atoms with van der Waals surface area (Å²) in [6, 6.07) is 6.44. The van der Waals surface area contributed by atoms with Gasteiger partial charge in [0.25, 0.3) is 5.91 Å². The summed E-state index contributed by atoms with van der Waals surface area (Å²) in [5.74, 6) is 0.360. The third-order valence-electron chi connectivity index (χ3n) is 5.97. The molecule has 0 saturated carbocycles. The van der Waals surface area contributed by atoms with Crippen LogP contribution in [0.2, 0.25) is 0 Å². The summed E-state index contributed by atoms with van der Waals surface area (Å²) in [5, 5.41) is 8.11. The van der Waals surface area contributed by atoms with Crippen LogP contribution in [-0.2, 0) is 21.3 Å². The molecule has 2 aromatic rings. The van der Waals surface area contributed by atoms with Crippen molar-refractivity contribution in [1.82, 2.24) is 24.2 Å². The first kappa shape index (κ1) is 22.7. The number of amides is 1. The van der Waals surface area contributed by atoms with Crippen molar-refractivity contribution in [3.63, 3.8) is 0 Å². The summed E-state index contributed by atoms with van der Waals surface area (Å²) < 4.78 is 40.3. The van der Waals surface area contributed by atoms with Crippen molar-refractivity contribution in [3.8, 4) is 5.75 Å². The molecule has 10 nitrogen and oxygen atoms in total. The molecule has 0 bridgehead atoms. The number of nitrogens with zero attached hydrogens (tertiary/aromatic N) is 5. The second-order valence-corrected chi connectivity index (χ2v) is 9.90. The van der Waals surface area contributed by atoms with Gasteiger partial charge in [0.15, 0.2) is 5.69 Å². The van der Waals surface area contributed by atoms with Crippen LogP contribution in [0.1, 0.15) is 36.2 Å². The topological polar surface area (TPSA) is 107 Å². The van der Waals surface area contributed by atoms with Crippen molar-refractivity contribution >= 4 is 15.9 Å². The zero-order valence-corrected chi connectivity index (χ0v) is 19.0. The Hall–Kier alpha value is -2.50. The molecule has 2 aliphatic heterocycles. The number of aryl methyl sites for hydroxylation is 1. The molecule has 0 spiro atoms. The van der Waals surface area contributed by atoms with E-state index < -0.39 is 10.0 Å². The largest absolute Gasteiger partial charge is 0.497 e. The molecule has 2 aliphatic rings. The molecule has 1 atom stereocenters. The second-order valence-electron chi connectivity index (χ2n) is 8.00. The predicted octanol–water partition coefficient (Wildman–Crippen LogP) is 1.39. The third-order valence-corrected chi connectivity index (χ3v) is 7.92. The van der Waals surface area contributed by atoms with Gasteiger partial charge in [-0.2, -0.15) is 4.31 Å². The van der Waals surface area contributed by atoms with Crippen LogP contribution in [-0.4, -0.2) is 84.5 Å². The summed E-state index contributed by atoms with van der Waals surface area (Å²) in [6.45, 7) is 3.12. The van der Waals surface area contributed by atoms with E-state index in [4.69, 9.17) is 9.47 Å². The Bertz CT molecular complexity index is 1030. The first-order valence-electron chi connectivity index (χ1n) is 10.9. The molecule has 4 rings (SSSR count). The number of methoxy groups -OCH3 is 1. The number of aromatic nitrogens is 3. The Morgan fingerprint density at radius 3 is 2.81 bits per heavy atom. The molecule has 2 saturated heterocycles. The minimum atomic E-state index is -3.64. The van der Waals surface area contributed by atoms with Crippen LogP contribution in [0, 0.1) is 0 Å². The van der Waals surface area contributed by atoms with Crippen LogP contribution in [0.5, 0.6) is 5.75 Å². The molecule has 1 unspecified atom stereocenters. The summed E-state index contributed by atoms with van der Waals surface area (Å²) in [5.41, 5.74) is 0.302. The van der Waals surface area contributed by atoms with E-state index in [2.05, 4.69) is 10.3 Å². The van der Waals surface area contributed by atoms with E-state index in [1.54, 1.807) is 44.3 Å². The molecule has 174 valence electrons. The molecule has 1 amide bonds. The summed E-state index contributed by atoms with van der Waals surface area (Å²) >= 11 is 0. The van der Waals surface area contributed by atoms with Gasteiger partial charge in [-0.3, -0.25) is 9.48 Å². The number of sulfonamides is 1. The van der Waals surface area contributed by atoms with E-state index in [-0.39, 0.29) is 16.8 Å². The maximum absolute atomic E-state index is 13.3. The number of carbonyl (C=O) groups excluding carboxylic acids is 1. The fourth-order valence-corrected chi connectivity index (χ4v) is 5.95. The molecular formula is C21H29N5O5S. The molecular weight excluding hydrogens is 434 g/mol. The zero-order valence-electron chi connectivity index (χ0n) is 18.2. The number of carbonyl (C=O) groups is 1. The average Bonchev–Trinajstić information content (AvgIpc) is 3.32. The van der Waals surface area contributed by atoms with Gasteiger partial charge in [-0.15, -0.1) is 5.10 Å². The molecule has 1 aromatic heterocycles. The highest BCUT2D eigenvalue weighted by molar-refractivity contribution is 7.89. The normalized spacial score (nSPS) is 20.3. The first-order valence-corrected chi connectivity index (χ1v) is 12.4. The number of ether oxygens (including phenoxy) is 2. The monoisotopic (exact) mass is 463 g/mol. The number of morpholine rings is 1. The third kappa shape index (κ3) is 4.94. The van der Waals surface area contributed by atoms with Gasteiger partial charge < -0.3 is 14.4 Å². The van der Waals surface area contributed by atoms with Crippen LogP contribution in [0.15, 0.2) is 35.4 Å². The Labute approximate surface area is 188 Å². The maximum Gasteiger partial charge on any atom is 0.276 e. The average molecular weight is 464 g/mol. The SMILES string of the molecule is COc1cccc(S(=O)(=O)N2CCCCC2CCn2cc(C(=O)N3CCOCC3)nn2)c1. The van der Waals surface area contributed by atoms with E-state index >= 15 is 0 Å². The lowest BCUT2D eigenvalue weighted by Crippen LogP contribution is -2.44. The van der Waals surface area contributed by atoms with Crippen LogP contribution < -0.4 is 4.74 Å².